The molecule has 0 spiro atoms. The summed E-state index contributed by atoms with van der Waals surface area (Å²) < 4.78 is 25.8. The molecule has 2 aromatic rings. The van der Waals surface area contributed by atoms with Crippen LogP contribution in [0.15, 0.2) is 24.3 Å². The topological polar surface area (TPSA) is 64.0 Å². The first-order valence-corrected chi connectivity index (χ1v) is 8.26. The van der Waals surface area contributed by atoms with Crippen molar-refractivity contribution in [1.82, 2.24) is 9.55 Å². The Morgan fingerprint density at radius 3 is 2.95 bits per heavy atom. The number of hydrogen-bond donors (Lipinski definition) is 1. The molecule has 1 fully saturated rings. The van der Waals surface area contributed by atoms with Crippen LogP contribution in [0.1, 0.15) is 6.04 Å². The minimum atomic E-state index is -2.98. The van der Waals surface area contributed by atoms with Gasteiger partial charge in [-0.3, -0.25) is 4.57 Å². The first-order valence-electron chi connectivity index (χ1n) is 6.03. The van der Waals surface area contributed by atoms with Crippen LogP contribution in [-0.4, -0.2) is 35.5 Å². The Balaban J connectivity index is 2.02. The van der Waals surface area contributed by atoms with E-state index < -0.39 is 9.84 Å². The molecule has 2 aliphatic heterocycles. The Labute approximate surface area is 115 Å². The molecule has 0 bridgehead atoms. The van der Waals surface area contributed by atoms with Crippen LogP contribution in [0.2, 0.25) is 0 Å². The van der Waals surface area contributed by atoms with Crippen molar-refractivity contribution in [1.29, 1.82) is 0 Å². The molecule has 5 nitrogen and oxygen atoms in total. The predicted octanol–water partition coefficient (Wildman–Crippen LogP) is 1.53. The zero-order valence-electron chi connectivity index (χ0n) is 9.91. The van der Waals surface area contributed by atoms with Gasteiger partial charge in [0.15, 0.2) is 9.84 Å². The van der Waals surface area contributed by atoms with E-state index in [1.807, 2.05) is 28.8 Å². The molecule has 2 atom stereocenters. The molecule has 0 saturated carbocycles. The van der Waals surface area contributed by atoms with Crippen molar-refractivity contribution >= 4 is 38.8 Å². The van der Waals surface area contributed by atoms with Crippen molar-refractivity contribution in [2.24, 2.45) is 0 Å². The molecular weight excluding hydrogens is 282 g/mol. The van der Waals surface area contributed by atoms with Gasteiger partial charge in [0.2, 0.25) is 4.77 Å². The van der Waals surface area contributed by atoms with Gasteiger partial charge in [-0.25, -0.2) is 13.4 Å². The molecule has 1 aromatic heterocycles. The Bertz CT molecular complexity index is 857. The summed E-state index contributed by atoms with van der Waals surface area (Å²) in [6, 6.07) is 7.55. The summed E-state index contributed by atoms with van der Waals surface area (Å²) in [7, 11) is -2.98. The number of sulfone groups is 1. The second-order valence-corrected chi connectivity index (χ2v) is 7.54. The lowest BCUT2D eigenvalue weighted by molar-refractivity contribution is 0.559. The fourth-order valence-corrected chi connectivity index (χ4v) is 5.22. The summed E-state index contributed by atoms with van der Waals surface area (Å²) >= 11 is 5.32. The second-order valence-electron chi connectivity index (χ2n) is 5.03. The third kappa shape index (κ3) is 1.54. The van der Waals surface area contributed by atoms with Crippen molar-refractivity contribution in [3.8, 4) is 0 Å². The first-order chi connectivity index (χ1) is 9.05. The monoisotopic (exact) mass is 293 g/mol. The Kier molecular flexibility index (Phi) is 2.12. The molecular formula is C12H11N3O2S2. The van der Waals surface area contributed by atoms with Gasteiger partial charge in [-0.1, -0.05) is 12.1 Å². The third-order valence-electron chi connectivity index (χ3n) is 3.80. The molecule has 98 valence electrons. The van der Waals surface area contributed by atoms with Crippen LogP contribution < -0.4 is 5.32 Å². The molecule has 0 radical (unpaired) electrons. The van der Waals surface area contributed by atoms with E-state index in [1.165, 1.54) is 0 Å². The average molecular weight is 293 g/mol. The molecule has 19 heavy (non-hydrogen) atoms. The number of rotatable bonds is 0. The van der Waals surface area contributed by atoms with Gasteiger partial charge in [0.1, 0.15) is 5.82 Å². The van der Waals surface area contributed by atoms with Crippen molar-refractivity contribution in [2.75, 3.05) is 16.8 Å². The number of benzene rings is 1. The molecule has 3 heterocycles. The van der Waals surface area contributed by atoms with Gasteiger partial charge in [0.25, 0.3) is 0 Å². The number of nitrogens with zero attached hydrogens (tertiary/aromatic N) is 2. The Hall–Kier alpha value is -1.47. The summed E-state index contributed by atoms with van der Waals surface area (Å²) in [4.78, 5) is 4.40. The SMILES string of the molecule is O=S1(=O)C[C@H]2Nc3c4ccccc4nc(=S)n3[C@H]2C1. The van der Waals surface area contributed by atoms with Gasteiger partial charge >= 0.3 is 0 Å². The van der Waals surface area contributed by atoms with Gasteiger partial charge < -0.3 is 5.32 Å². The van der Waals surface area contributed by atoms with Gasteiger partial charge in [0.05, 0.1) is 29.1 Å². The quantitative estimate of drug-likeness (QED) is 0.746. The minimum absolute atomic E-state index is 0.0840. The van der Waals surface area contributed by atoms with Gasteiger partial charge in [-0.15, -0.1) is 0 Å². The van der Waals surface area contributed by atoms with Crippen molar-refractivity contribution in [3.05, 3.63) is 29.0 Å². The molecule has 1 N–H and O–H groups in total. The van der Waals surface area contributed by atoms with E-state index in [4.69, 9.17) is 12.2 Å². The number of aromatic nitrogens is 2. The first kappa shape index (κ1) is 11.4. The van der Waals surface area contributed by atoms with E-state index in [9.17, 15) is 8.42 Å². The van der Waals surface area contributed by atoms with Crippen LogP contribution in [0.4, 0.5) is 5.82 Å². The highest BCUT2D eigenvalue weighted by atomic mass is 32.2. The lowest BCUT2D eigenvalue weighted by Crippen LogP contribution is -2.20. The molecule has 0 aliphatic carbocycles. The van der Waals surface area contributed by atoms with Crippen LogP contribution in [0.5, 0.6) is 0 Å². The van der Waals surface area contributed by atoms with E-state index in [1.54, 1.807) is 0 Å². The summed E-state index contributed by atoms with van der Waals surface area (Å²) in [6.45, 7) is 0. The number of para-hydroxylation sites is 1. The predicted molar refractivity (Wildman–Crippen MR) is 75.7 cm³/mol. The minimum Gasteiger partial charge on any atom is -0.365 e. The summed E-state index contributed by atoms with van der Waals surface area (Å²) in [6.07, 6.45) is 0. The van der Waals surface area contributed by atoms with Crippen LogP contribution in [0.3, 0.4) is 0 Å². The number of anilines is 1. The zero-order valence-corrected chi connectivity index (χ0v) is 11.5. The lowest BCUT2D eigenvalue weighted by atomic mass is 10.2. The van der Waals surface area contributed by atoms with Crippen LogP contribution in [0, 0.1) is 4.77 Å². The fraction of sp³-hybridized carbons (Fsp3) is 0.333. The molecule has 1 saturated heterocycles. The van der Waals surface area contributed by atoms with Crippen molar-refractivity contribution in [3.63, 3.8) is 0 Å². The largest absolute Gasteiger partial charge is 0.365 e. The summed E-state index contributed by atoms with van der Waals surface area (Å²) in [5.41, 5.74) is 0.842. The lowest BCUT2D eigenvalue weighted by Gasteiger charge is -2.11. The molecule has 7 heteroatoms. The van der Waals surface area contributed by atoms with E-state index >= 15 is 0 Å². The van der Waals surface area contributed by atoms with E-state index in [0.717, 1.165) is 16.7 Å². The molecule has 2 aliphatic rings. The highest BCUT2D eigenvalue weighted by molar-refractivity contribution is 7.91. The van der Waals surface area contributed by atoms with Gasteiger partial charge in [0, 0.05) is 5.39 Å². The molecule has 0 unspecified atom stereocenters. The normalized spacial score (nSPS) is 26.9. The smallest absolute Gasteiger partial charge is 0.201 e. The fourth-order valence-electron chi connectivity index (χ4n) is 3.01. The van der Waals surface area contributed by atoms with Crippen molar-refractivity contribution < 1.29 is 8.42 Å². The standard InChI is InChI=1S/C12H11N3O2S2/c16-19(17)5-9-10(6-19)15-11(13-9)7-3-1-2-4-8(7)14-12(15)18/h1-4,9-10,13H,5-6H2/t9-,10+/m1/s1. The van der Waals surface area contributed by atoms with Crippen molar-refractivity contribution in [2.45, 2.75) is 12.1 Å². The molecule has 0 amide bonds. The molecule has 1 aromatic carbocycles. The van der Waals surface area contributed by atoms with E-state index in [2.05, 4.69) is 10.3 Å². The number of fused-ring (bicyclic) bond motifs is 5. The number of nitrogens with one attached hydrogen (secondary N) is 1. The zero-order chi connectivity index (χ0) is 13.2. The third-order valence-corrected chi connectivity index (χ3v) is 5.80. The highest BCUT2D eigenvalue weighted by Gasteiger charge is 2.44. The highest BCUT2D eigenvalue weighted by Crippen LogP contribution is 2.38. The summed E-state index contributed by atoms with van der Waals surface area (Å²) in [5, 5.41) is 4.30. The Morgan fingerprint density at radius 1 is 1.32 bits per heavy atom. The average Bonchev–Trinajstić information content (AvgIpc) is 2.81. The summed E-state index contributed by atoms with van der Waals surface area (Å²) in [5.74, 6) is 1.22. The van der Waals surface area contributed by atoms with Crippen LogP contribution in [-0.2, 0) is 9.84 Å². The Morgan fingerprint density at radius 2 is 2.11 bits per heavy atom. The maximum atomic E-state index is 11.7. The van der Waals surface area contributed by atoms with E-state index in [0.29, 0.717) is 4.77 Å². The van der Waals surface area contributed by atoms with Crippen LogP contribution >= 0.6 is 12.2 Å². The molecule has 4 rings (SSSR count). The van der Waals surface area contributed by atoms with E-state index in [-0.39, 0.29) is 23.6 Å². The van der Waals surface area contributed by atoms with Crippen LogP contribution in [0.25, 0.3) is 10.9 Å². The number of hydrogen-bond acceptors (Lipinski definition) is 5. The maximum absolute atomic E-state index is 11.7. The maximum Gasteiger partial charge on any atom is 0.201 e. The van der Waals surface area contributed by atoms with Gasteiger partial charge in [-0.05, 0) is 24.4 Å². The van der Waals surface area contributed by atoms with Gasteiger partial charge in [-0.2, -0.15) is 0 Å². The second kappa shape index (κ2) is 3.55.